The molecule has 2 N–H and O–H groups in total. The molecule has 0 aliphatic carbocycles. The number of anilines is 1. The Kier molecular flexibility index (Phi) is 3.85. The number of rotatable bonds is 3. The van der Waals surface area contributed by atoms with Gasteiger partial charge in [-0.25, -0.2) is 0 Å². The van der Waals surface area contributed by atoms with E-state index in [2.05, 4.69) is 16.9 Å². The van der Waals surface area contributed by atoms with Crippen LogP contribution in [0.1, 0.15) is 27.0 Å². The first-order valence-electron chi connectivity index (χ1n) is 6.26. The molecule has 2 aromatic carbocycles. The van der Waals surface area contributed by atoms with E-state index < -0.39 is 0 Å². The molecule has 3 heteroatoms. The number of benzene rings is 2. The largest absolute Gasteiger partial charge is 0.298 e. The van der Waals surface area contributed by atoms with Crippen LogP contribution in [0.3, 0.4) is 0 Å². The van der Waals surface area contributed by atoms with Crippen molar-refractivity contribution < 1.29 is 4.79 Å². The minimum atomic E-state index is -0.139. The lowest BCUT2D eigenvalue weighted by Crippen LogP contribution is -2.29. The Bertz CT molecular complexity index is 588. The van der Waals surface area contributed by atoms with E-state index in [1.807, 2.05) is 57.2 Å². The molecular weight excluding hydrogens is 236 g/mol. The van der Waals surface area contributed by atoms with Crippen LogP contribution < -0.4 is 10.9 Å². The van der Waals surface area contributed by atoms with Crippen molar-refractivity contribution in [1.82, 2.24) is 5.43 Å². The third-order valence-electron chi connectivity index (χ3n) is 3.01. The highest BCUT2D eigenvalue weighted by Crippen LogP contribution is 2.15. The molecule has 98 valence electrons. The third-order valence-corrected chi connectivity index (χ3v) is 3.01. The fourth-order valence-electron chi connectivity index (χ4n) is 1.86. The summed E-state index contributed by atoms with van der Waals surface area (Å²) in [5.74, 6) is -0.139. The average molecular weight is 254 g/mol. The molecule has 19 heavy (non-hydrogen) atoms. The zero-order valence-electron chi connectivity index (χ0n) is 11.4. The highest BCUT2D eigenvalue weighted by Gasteiger charge is 2.05. The summed E-state index contributed by atoms with van der Waals surface area (Å²) in [6, 6.07) is 13.5. The Hall–Kier alpha value is -2.29. The van der Waals surface area contributed by atoms with E-state index in [4.69, 9.17) is 0 Å². The highest BCUT2D eigenvalue weighted by atomic mass is 16.2. The summed E-state index contributed by atoms with van der Waals surface area (Å²) >= 11 is 0. The van der Waals surface area contributed by atoms with Gasteiger partial charge in [-0.15, -0.1) is 0 Å². The second-order valence-corrected chi connectivity index (χ2v) is 4.76. The smallest absolute Gasteiger partial charge is 0.269 e. The van der Waals surface area contributed by atoms with Crippen molar-refractivity contribution in [3.63, 3.8) is 0 Å². The predicted octanol–water partition coefficient (Wildman–Crippen LogP) is 3.37. The lowest BCUT2D eigenvalue weighted by Gasteiger charge is -2.11. The van der Waals surface area contributed by atoms with Crippen molar-refractivity contribution in [3.05, 3.63) is 64.7 Å². The fraction of sp³-hybridized carbons (Fsp3) is 0.188. The van der Waals surface area contributed by atoms with Crippen LogP contribution in [-0.2, 0) is 0 Å². The molecule has 0 radical (unpaired) electrons. The minimum absolute atomic E-state index is 0.139. The second-order valence-electron chi connectivity index (χ2n) is 4.76. The fourth-order valence-corrected chi connectivity index (χ4v) is 1.86. The summed E-state index contributed by atoms with van der Waals surface area (Å²) < 4.78 is 0. The van der Waals surface area contributed by atoms with Crippen molar-refractivity contribution in [2.24, 2.45) is 0 Å². The number of amides is 1. The lowest BCUT2D eigenvalue weighted by atomic mass is 10.1. The van der Waals surface area contributed by atoms with Gasteiger partial charge in [0.1, 0.15) is 0 Å². The Labute approximate surface area is 113 Å². The molecule has 0 aliphatic heterocycles. The first kappa shape index (κ1) is 13.1. The van der Waals surface area contributed by atoms with Gasteiger partial charge in [0.15, 0.2) is 0 Å². The number of nitrogens with one attached hydrogen (secondary N) is 2. The Morgan fingerprint density at radius 2 is 1.53 bits per heavy atom. The van der Waals surface area contributed by atoms with Crippen LogP contribution in [-0.4, -0.2) is 5.91 Å². The maximum absolute atomic E-state index is 11.9. The maximum atomic E-state index is 11.9. The van der Waals surface area contributed by atoms with Gasteiger partial charge in [0.05, 0.1) is 5.69 Å². The van der Waals surface area contributed by atoms with Crippen LogP contribution in [0.25, 0.3) is 0 Å². The summed E-state index contributed by atoms with van der Waals surface area (Å²) in [7, 11) is 0. The summed E-state index contributed by atoms with van der Waals surface area (Å²) in [5, 5.41) is 0. The number of hydrogen-bond donors (Lipinski definition) is 2. The standard InChI is InChI=1S/C16H18N2O/c1-11-4-7-14(8-5-11)16(19)18-17-15-9-6-12(2)10-13(15)3/h4-10,17H,1-3H3,(H,18,19). The Balaban J connectivity index is 2.02. The third kappa shape index (κ3) is 3.35. The zero-order valence-corrected chi connectivity index (χ0v) is 11.4. The minimum Gasteiger partial charge on any atom is -0.298 e. The van der Waals surface area contributed by atoms with Crippen LogP contribution >= 0.6 is 0 Å². The molecule has 0 unspecified atom stereocenters. The molecule has 2 aromatic rings. The number of hydrogen-bond acceptors (Lipinski definition) is 2. The number of hydrazine groups is 1. The van der Waals surface area contributed by atoms with Crippen molar-refractivity contribution in [2.45, 2.75) is 20.8 Å². The van der Waals surface area contributed by atoms with E-state index >= 15 is 0 Å². The van der Waals surface area contributed by atoms with Gasteiger partial charge < -0.3 is 0 Å². The summed E-state index contributed by atoms with van der Waals surface area (Å²) in [6.45, 7) is 6.05. The van der Waals surface area contributed by atoms with Crippen molar-refractivity contribution in [3.8, 4) is 0 Å². The van der Waals surface area contributed by atoms with Gasteiger partial charge in [-0.3, -0.25) is 15.6 Å². The van der Waals surface area contributed by atoms with Gasteiger partial charge >= 0.3 is 0 Å². The van der Waals surface area contributed by atoms with Gasteiger partial charge in [0.2, 0.25) is 0 Å². The summed E-state index contributed by atoms with van der Waals surface area (Å²) in [5.41, 5.74) is 10.7. The molecule has 0 atom stereocenters. The van der Waals surface area contributed by atoms with Crippen LogP contribution in [0.2, 0.25) is 0 Å². The first-order valence-corrected chi connectivity index (χ1v) is 6.26. The monoisotopic (exact) mass is 254 g/mol. The zero-order chi connectivity index (χ0) is 13.8. The topological polar surface area (TPSA) is 41.1 Å². The molecule has 0 heterocycles. The van der Waals surface area contributed by atoms with Crippen molar-refractivity contribution in [1.29, 1.82) is 0 Å². The van der Waals surface area contributed by atoms with E-state index in [-0.39, 0.29) is 5.91 Å². The number of aryl methyl sites for hydroxylation is 3. The Morgan fingerprint density at radius 1 is 0.895 bits per heavy atom. The van der Waals surface area contributed by atoms with E-state index in [1.54, 1.807) is 0 Å². The van der Waals surface area contributed by atoms with Crippen LogP contribution in [0.4, 0.5) is 5.69 Å². The van der Waals surface area contributed by atoms with E-state index in [0.29, 0.717) is 5.56 Å². The summed E-state index contributed by atoms with van der Waals surface area (Å²) in [4.78, 5) is 11.9. The molecule has 3 nitrogen and oxygen atoms in total. The van der Waals surface area contributed by atoms with E-state index in [0.717, 1.165) is 16.8 Å². The second kappa shape index (κ2) is 5.57. The first-order chi connectivity index (χ1) is 9.06. The number of carbonyl (C=O) groups excluding carboxylic acids is 1. The van der Waals surface area contributed by atoms with Crippen LogP contribution in [0, 0.1) is 20.8 Å². The van der Waals surface area contributed by atoms with Crippen LogP contribution in [0.5, 0.6) is 0 Å². The predicted molar refractivity (Wildman–Crippen MR) is 78.2 cm³/mol. The lowest BCUT2D eigenvalue weighted by molar-refractivity contribution is 0.0962. The molecule has 1 amide bonds. The van der Waals surface area contributed by atoms with Gasteiger partial charge in [0.25, 0.3) is 5.91 Å². The maximum Gasteiger partial charge on any atom is 0.269 e. The van der Waals surface area contributed by atoms with E-state index in [9.17, 15) is 4.79 Å². The van der Waals surface area contributed by atoms with Crippen molar-refractivity contribution >= 4 is 11.6 Å². The molecule has 0 aromatic heterocycles. The van der Waals surface area contributed by atoms with Crippen LogP contribution in [0.15, 0.2) is 42.5 Å². The molecule has 2 rings (SSSR count). The van der Waals surface area contributed by atoms with Gasteiger partial charge in [-0.05, 0) is 44.5 Å². The molecule has 0 bridgehead atoms. The quantitative estimate of drug-likeness (QED) is 0.824. The number of carbonyl (C=O) groups is 1. The Morgan fingerprint density at radius 3 is 2.16 bits per heavy atom. The molecular formula is C16H18N2O. The molecule has 0 aliphatic rings. The molecule has 0 saturated heterocycles. The molecule has 0 saturated carbocycles. The van der Waals surface area contributed by atoms with Gasteiger partial charge in [0, 0.05) is 5.56 Å². The summed E-state index contributed by atoms with van der Waals surface area (Å²) in [6.07, 6.45) is 0. The highest BCUT2D eigenvalue weighted by molar-refractivity contribution is 5.94. The van der Waals surface area contributed by atoms with Crippen molar-refractivity contribution in [2.75, 3.05) is 5.43 Å². The molecule has 0 fully saturated rings. The average Bonchev–Trinajstić information content (AvgIpc) is 2.38. The normalized spacial score (nSPS) is 10.1. The molecule has 0 spiro atoms. The SMILES string of the molecule is Cc1ccc(C(=O)NNc2ccc(C)cc2C)cc1. The van der Waals surface area contributed by atoms with E-state index in [1.165, 1.54) is 5.56 Å². The van der Waals surface area contributed by atoms with Gasteiger partial charge in [-0.1, -0.05) is 35.4 Å². The van der Waals surface area contributed by atoms with Gasteiger partial charge in [-0.2, -0.15) is 0 Å².